The van der Waals surface area contributed by atoms with E-state index in [2.05, 4.69) is 15.5 Å². The van der Waals surface area contributed by atoms with Crippen molar-refractivity contribution >= 4 is 11.5 Å². The Kier molecular flexibility index (Phi) is 2.95. The maximum atomic E-state index is 8.89. The van der Waals surface area contributed by atoms with E-state index < -0.39 is 0 Å². The zero-order chi connectivity index (χ0) is 12.1. The maximum Gasteiger partial charge on any atom is 0.171 e. The lowest BCUT2D eigenvalue weighted by molar-refractivity contribution is 1.03. The van der Waals surface area contributed by atoms with Crippen LogP contribution in [0, 0.1) is 22.7 Å². The molecule has 80 valence electrons. The number of nitrogens with zero attached hydrogens (tertiary/aromatic N) is 4. The Morgan fingerprint density at radius 1 is 1.12 bits per heavy atom. The van der Waals surface area contributed by atoms with Crippen LogP contribution in [-0.2, 0) is 0 Å². The lowest BCUT2D eigenvalue weighted by Crippen LogP contribution is -1.98. The summed E-state index contributed by atoms with van der Waals surface area (Å²) in [7, 11) is 0. The van der Waals surface area contributed by atoms with Gasteiger partial charge in [-0.2, -0.15) is 15.6 Å². The summed E-state index contributed by atoms with van der Waals surface area (Å²) < 4.78 is 0. The van der Waals surface area contributed by atoms with E-state index in [-0.39, 0.29) is 0 Å². The smallest absolute Gasteiger partial charge is 0.171 e. The van der Waals surface area contributed by atoms with Crippen LogP contribution in [0.4, 0.5) is 11.5 Å². The zero-order valence-electron chi connectivity index (χ0n) is 8.75. The van der Waals surface area contributed by atoms with Crippen molar-refractivity contribution in [2.45, 2.75) is 0 Å². The monoisotopic (exact) mass is 221 g/mol. The molecule has 1 aromatic carbocycles. The summed E-state index contributed by atoms with van der Waals surface area (Å²) in [6.45, 7) is 0. The lowest BCUT2D eigenvalue weighted by atomic mass is 10.2. The van der Waals surface area contributed by atoms with Crippen LogP contribution in [0.15, 0.2) is 36.5 Å². The molecular weight excluding hydrogens is 214 g/mol. The Morgan fingerprint density at radius 3 is 2.76 bits per heavy atom. The molecule has 0 bridgehead atoms. The van der Waals surface area contributed by atoms with Gasteiger partial charge in [-0.3, -0.25) is 0 Å². The van der Waals surface area contributed by atoms with Gasteiger partial charge in [0.15, 0.2) is 5.82 Å². The summed E-state index contributed by atoms with van der Waals surface area (Å²) in [6.07, 6.45) is 1.45. The number of benzene rings is 1. The van der Waals surface area contributed by atoms with Gasteiger partial charge < -0.3 is 5.32 Å². The summed E-state index contributed by atoms with van der Waals surface area (Å²) in [5.41, 5.74) is 1.64. The van der Waals surface area contributed by atoms with Crippen molar-refractivity contribution in [1.82, 2.24) is 10.2 Å². The molecule has 0 saturated carbocycles. The summed E-state index contributed by atoms with van der Waals surface area (Å²) in [5.74, 6) is 0.380. The lowest BCUT2D eigenvalue weighted by Gasteiger charge is -2.05. The molecule has 0 aliphatic carbocycles. The van der Waals surface area contributed by atoms with Crippen molar-refractivity contribution in [3.63, 3.8) is 0 Å². The molecule has 2 aromatic rings. The van der Waals surface area contributed by atoms with E-state index in [9.17, 15) is 0 Å². The van der Waals surface area contributed by atoms with Gasteiger partial charge in [-0.15, -0.1) is 5.10 Å². The van der Waals surface area contributed by atoms with E-state index in [0.29, 0.717) is 22.6 Å². The minimum atomic E-state index is 0.380. The number of anilines is 2. The number of hydrogen-bond acceptors (Lipinski definition) is 5. The van der Waals surface area contributed by atoms with Gasteiger partial charge in [-0.05, 0) is 24.3 Å². The van der Waals surface area contributed by atoms with Crippen LogP contribution >= 0.6 is 0 Å². The van der Waals surface area contributed by atoms with Crippen LogP contribution in [0.2, 0.25) is 0 Å². The molecule has 0 radical (unpaired) electrons. The molecule has 1 aromatic heterocycles. The third-order valence-corrected chi connectivity index (χ3v) is 2.10. The van der Waals surface area contributed by atoms with Crippen LogP contribution in [-0.4, -0.2) is 10.2 Å². The molecule has 0 aliphatic rings. The van der Waals surface area contributed by atoms with E-state index in [0.717, 1.165) is 0 Å². The maximum absolute atomic E-state index is 8.89. The summed E-state index contributed by atoms with van der Waals surface area (Å²) >= 11 is 0. The van der Waals surface area contributed by atoms with Crippen molar-refractivity contribution in [2.24, 2.45) is 0 Å². The molecule has 0 atom stereocenters. The van der Waals surface area contributed by atoms with Gasteiger partial charge in [0, 0.05) is 5.69 Å². The van der Waals surface area contributed by atoms with Gasteiger partial charge in [0.2, 0.25) is 0 Å². The van der Waals surface area contributed by atoms with Crippen molar-refractivity contribution in [2.75, 3.05) is 5.32 Å². The average molecular weight is 221 g/mol. The first-order valence-electron chi connectivity index (χ1n) is 4.82. The highest BCUT2D eigenvalue weighted by Gasteiger charge is 2.03. The quantitative estimate of drug-likeness (QED) is 0.837. The first-order valence-corrected chi connectivity index (χ1v) is 4.82. The fraction of sp³-hybridized carbons (Fsp3) is 0. The van der Waals surface area contributed by atoms with Gasteiger partial charge in [0.1, 0.15) is 6.07 Å². The molecule has 0 spiro atoms. The Morgan fingerprint density at radius 2 is 2.00 bits per heavy atom. The molecule has 1 heterocycles. The molecule has 1 N–H and O–H groups in total. The van der Waals surface area contributed by atoms with Gasteiger partial charge in [-0.1, -0.05) is 6.07 Å². The highest BCUT2D eigenvalue weighted by atomic mass is 15.2. The highest BCUT2D eigenvalue weighted by Crippen LogP contribution is 2.17. The van der Waals surface area contributed by atoms with Crippen LogP contribution in [0.25, 0.3) is 0 Å². The number of aromatic nitrogens is 2. The number of nitrogens with one attached hydrogen (secondary N) is 1. The SMILES string of the molecule is N#Cc1cccc(Nc2nnccc2C#N)c1. The van der Waals surface area contributed by atoms with E-state index in [1.54, 1.807) is 30.3 Å². The number of rotatable bonds is 2. The van der Waals surface area contributed by atoms with Crippen LogP contribution in [0.3, 0.4) is 0 Å². The van der Waals surface area contributed by atoms with E-state index in [4.69, 9.17) is 10.5 Å². The number of hydrogen-bond donors (Lipinski definition) is 1. The summed E-state index contributed by atoms with van der Waals surface area (Å²) in [4.78, 5) is 0. The van der Waals surface area contributed by atoms with Crippen LogP contribution < -0.4 is 5.32 Å². The average Bonchev–Trinajstić information content (AvgIpc) is 2.39. The first kappa shape index (κ1) is 10.6. The predicted molar refractivity (Wildman–Crippen MR) is 61.2 cm³/mol. The van der Waals surface area contributed by atoms with Crippen molar-refractivity contribution in [3.05, 3.63) is 47.7 Å². The van der Waals surface area contributed by atoms with Crippen LogP contribution in [0.1, 0.15) is 11.1 Å². The molecule has 5 nitrogen and oxygen atoms in total. The Hall–Kier alpha value is -2.92. The highest BCUT2D eigenvalue weighted by molar-refractivity contribution is 5.63. The van der Waals surface area contributed by atoms with Crippen molar-refractivity contribution < 1.29 is 0 Å². The standard InChI is InChI=1S/C12H7N5/c13-7-9-2-1-3-11(6-9)16-12-10(8-14)4-5-15-17-12/h1-6H,(H,16,17). The minimum absolute atomic E-state index is 0.380. The second-order valence-electron chi connectivity index (χ2n) is 3.22. The predicted octanol–water partition coefficient (Wildman–Crippen LogP) is 1.96. The normalized spacial score (nSPS) is 9.06. The molecule has 2 rings (SSSR count). The molecule has 0 fully saturated rings. The fourth-order valence-corrected chi connectivity index (χ4v) is 1.32. The molecular formula is C12H7N5. The summed E-state index contributed by atoms with van der Waals surface area (Å²) in [5, 5.41) is 28.1. The molecule has 0 saturated heterocycles. The second-order valence-corrected chi connectivity index (χ2v) is 3.22. The molecule has 0 unspecified atom stereocenters. The molecule has 0 amide bonds. The van der Waals surface area contributed by atoms with Gasteiger partial charge in [0.25, 0.3) is 0 Å². The molecule has 17 heavy (non-hydrogen) atoms. The third kappa shape index (κ3) is 2.36. The van der Waals surface area contributed by atoms with E-state index in [1.807, 2.05) is 12.1 Å². The summed E-state index contributed by atoms with van der Waals surface area (Å²) in [6, 6.07) is 12.5. The Bertz CT molecular complexity index is 621. The fourth-order valence-electron chi connectivity index (χ4n) is 1.32. The van der Waals surface area contributed by atoms with Gasteiger partial charge in [0.05, 0.1) is 23.4 Å². The van der Waals surface area contributed by atoms with Crippen LogP contribution in [0.5, 0.6) is 0 Å². The largest absolute Gasteiger partial charge is 0.338 e. The Labute approximate surface area is 98.0 Å². The van der Waals surface area contributed by atoms with Crippen molar-refractivity contribution in [3.8, 4) is 12.1 Å². The molecule has 5 heteroatoms. The van der Waals surface area contributed by atoms with Crippen molar-refractivity contribution in [1.29, 1.82) is 10.5 Å². The van der Waals surface area contributed by atoms with E-state index >= 15 is 0 Å². The number of nitriles is 2. The minimum Gasteiger partial charge on any atom is -0.338 e. The third-order valence-electron chi connectivity index (χ3n) is 2.10. The Balaban J connectivity index is 2.32. The second kappa shape index (κ2) is 4.73. The van der Waals surface area contributed by atoms with E-state index in [1.165, 1.54) is 6.20 Å². The molecule has 0 aliphatic heterocycles. The zero-order valence-corrected chi connectivity index (χ0v) is 8.75. The van der Waals surface area contributed by atoms with Gasteiger partial charge in [-0.25, -0.2) is 0 Å². The topological polar surface area (TPSA) is 85.4 Å². The first-order chi connectivity index (χ1) is 8.33. The van der Waals surface area contributed by atoms with Gasteiger partial charge >= 0.3 is 0 Å².